The number of fused-ring (bicyclic) bond motifs is 4. The molecule has 0 radical (unpaired) electrons. The van der Waals surface area contributed by atoms with Crippen LogP contribution in [0.15, 0.2) is 24.3 Å². The lowest BCUT2D eigenvalue weighted by molar-refractivity contribution is -0.126. The van der Waals surface area contributed by atoms with Crippen LogP contribution in [-0.4, -0.2) is 25.5 Å². The first-order valence-corrected chi connectivity index (χ1v) is 9.69. The van der Waals surface area contributed by atoms with Crippen molar-refractivity contribution in [3.8, 4) is 0 Å². The van der Waals surface area contributed by atoms with E-state index in [0.717, 1.165) is 25.6 Å². The molecule has 1 heterocycles. The normalized spacial score (nSPS) is 34.2. The lowest BCUT2D eigenvalue weighted by Crippen LogP contribution is -2.50. The number of hydrogen-bond acceptors (Lipinski definition) is 2. The van der Waals surface area contributed by atoms with Crippen LogP contribution >= 0.6 is 0 Å². The van der Waals surface area contributed by atoms with Gasteiger partial charge in [0.15, 0.2) is 0 Å². The molecule has 2 bridgehead atoms. The molecule has 3 aliphatic carbocycles. The second kappa shape index (κ2) is 5.79. The molecule has 0 aromatic heterocycles. The Morgan fingerprint density at radius 3 is 2.54 bits per heavy atom. The number of rotatable bonds is 4. The van der Waals surface area contributed by atoms with Crippen LogP contribution < -0.4 is 10.2 Å². The van der Waals surface area contributed by atoms with Crippen molar-refractivity contribution >= 4 is 11.6 Å². The minimum absolute atomic E-state index is 0.216. The van der Waals surface area contributed by atoms with Crippen LogP contribution in [0.25, 0.3) is 0 Å². The van der Waals surface area contributed by atoms with Gasteiger partial charge >= 0.3 is 0 Å². The highest BCUT2D eigenvalue weighted by atomic mass is 16.2. The van der Waals surface area contributed by atoms with Crippen molar-refractivity contribution < 1.29 is 4.79 Å². The van der Waals surface area contributed by atoms with E-state index >= 15 is 0 Å². The number of para-hydroxylation sites is 1. The number of carbonyl (C=O) groups is 1. The molecule has 3 saturated carbocycles. The summed E-state index contributed by atoms with van der Waals surface area (Å²) in [6, 6.07) is 8.42. The molecule has 1 unspecified atom stereocenters. The Balaban J connectivity index is 1.50. The minimum Gasteiger partial charge on any atom is -0.370 e. The van der Waals surface area contributed by atoms with Crippen LogP contribution in [0.5, 0.6) is 0 Å². The molecule has 4 aliphatic rings. The van der Waals surface area contributed by atoms with Crippen molar-refractivity contribution in [3.63, 3.8) is 0 Å². The SMILES string of the molecule is CCN1CC(C)(C(=O)NCC23CCC(CC2)CC3)c2ccccc21. The fraction of sp³-hybridized carbons (Fsp3) is 0.667. The number of anilines is 1. The Bertz CT molecular complexity index is 619. The molecule has 1 aliphatic heterocycles. The molecule has 1 aromatic rings. The lowest BCUT2D eigenvalue weighted by atomic mass is 9.60. The van der Waals surface area contributed by atoms with E-state index in [2.05, 4.69) is 48.3 Å². The standard InChI is InChI=1S/C21H30N2O/c1-3-23-15-20(2,17-6-4-5-7-18(17)23)19(24)22-14-21-11-8-16(9-12-21)10-13-21/h4-7,16H,3,8-15H2,1-2H3,(H,22,24). The zero-order valence-corrected chi connectivity index (χ0v) is 15.1. The van der Waals surface area contributed by atoms with E-state index in [9.17, 15) is 4.79 Å². The number of likely N-dealkylation sites (N-methyl/N-ethyl adjacent to an activating group) is 1. The van der Waals surface area contributed by atoms with E-state index < -0.39 is 5.41 Å². The van der Waals surface area contributed by atoms with Crippen molar-refractivity contribution in [1.29, 1.82) is 0 Å². The molecule has 1 amide bonds. The van der Waals surface area contributed by atoms with Gasteiger partial charge in [-0.3, -0.25) is 4.79 Å². The third-order valence-corrected chi connectivity index (χ3v) is 7.10. The Morgan fingerprint density at radius 2 is 1.88 bits per heavy atom. The maximum Gasteiger partial charge on any atom is 0.232 e. The first-order chi connectivity index (χ1) is 11.6. The van der Waals surface area contributed by atoms with Gasteiger partial charge in [0.1, 0.15) is 0 Å². The summed E-state index contributed by atoms with van der Waals surface area (Å²) >= 11 is 0. The zero-order chi connectivity index (χ0) is 16.8. The maximum atomic E-state index is 13.2. The van der Waals surface area contributed by atoms with Crippen molar-refractivity contribution in [2.75, 3.05) is 24.5 Å². The molecule has 24 heavy (non-hydrogen) atoms. The molecule has 0 spiro atoms. The Labute approximate surface area is 145 Å². The van der Waals surface area contributed by atoms with E-state index in [0.29, 0.717) is 5.41 Å². The van der Waals surface area contributed by atoms with E-state index in [-0.39, 0.29) is 5.91 Å². The molecule has 3 fully saturated rings. The summed E-state index contributed by atoms with van der Waals surface area (Å²) in [6.45, 7) is 6.91. The van der Waals surface area contributed by atoms with Gasteiger partial charge in [-0.15, -0.1) is 0 Å². The second-order valence-corrected chi connectivity index (χ2v) is 8.53. The molecule has 5 rings (SSSR count). The summed E-state index contributed by atoms with van der Waals surface area (Å²) in [7, 11) is 0. The third-order valence-electron chi connectivity index (χ3n) is 7.10. The Hall–Kier alpha value is -1.51. The molecular formula is C21H30N2O. The van der Waals surface area contributed by atoms with Gasteiger partial charge in [-0.25, -0.2) is 0 Å². The highest BCUT2D eigenvalue weighted by Gasteiger charge is 2.46. The van der Waals surface area contributed by atoms with Gasteiger partial charge in [-0.1, -0.05) is 18.2 Å². The van der Waals surface area contributed by atoms with Crippen LogP contribution in [0, 0.1) is 11.3 Å². The fourth-order valence-corrected chi connectivity index (χ4v) is 5.31. The summed E-state index contributed by atoms with van der Waals surface area (Å²) in [5, 5.41) is 3.37. The highest BCUT2D eigenvalue weighted by Crippen LogP contribution is 2.50. The van der Waals surface area contributed by atoms with Gasteiger partial charge < -0.3 is 10.2 Å². The number of benzene rings is 1. The topological polar surface area (TPSA) is 32.3 Å². The first kappa shape index (κ1) is 16.0. The van der Waals surface area contributed by atoms with Crippen LogP contribution in [0.2, 0.25) is 0 Å². The first-order valence-electron chi connectivity index (χ1n) is 9.69. The Kier molecular flexibility index (Phi) is 3.85. The van der Waals surface area contributed by atoms with Crippen LogP contribution in [-0.2, 0) is 10.2 Å². The molecule has 130 valence electrons. The molecule has 1 atom stereocenters. The van der Waals surface area contributed by atoms with Crippen molar-refractivity contribution in [1.82, 2.24) is 5.32 Å². The van der Waals surface area contributed by atoms with Crippen LogP contribution in [0.3, 0.4) is 0 Å². The van der Waals surface area contributed by atoms with E-state index in [1.807, 2.05) is 0 Å². The number of hydrogen-bond donors (Lipinski definition) is 1. The van der Waals surface area contributed by atoms with E-state index in [4.69, 9.17) is 0 Å². The predicted molar refractivity (Wildman–Crippen MR) is 98.3 cm³/mol. The van der Waals surface area contributed by atoms with Crippen molar-refractivity contribution in [2.45, 2.75) is 57.8 Å². The highest BCUT2D eigenvalue weighted by molar-refractivity contribution is 5.92. The average Bonchev–Trinajstić information content (AvgIpc) is 2.95. The molecule has 0 saturated heterocycles. The second-order valence-electron chi connectivity index (χ2n) is 8.53. The van der Waals surface area contributed by atoms with Crippen LogP contribution in [0.1, 0.15) is 57.9 Å². The Morgan fingerprint density at radius 1 is 1.21 bits per heavy atom. The average molecular weight is 326 g/mol. The van der Waals surface area contributed by atoms with Gasteiger partial charge in [0.25, 0.3) is 0 Å². The van der Waals surface area contributed by atoms with Gasteiger partial charge in [0, 0.05) is 25.3 Å². The summed E-state index contributed by atoms with van der Waals surface area (Å²) in [5.41, 5.74) is 2.39. The maximum absolute atomic E-state index is 13.2. The van der Waals surface area contributed by atoms with E-state index in [1.54, 1.807) is 0 Å². The summed E-state index contributed by atoms with van der Waals surface area (Å²) < 4.78 is 0. The van der Waals surface area contributed by atoms with Gasteiger partial charge in [-0.05, 0) is 75.3 Å². The minimum atomic E-state index is -0.422. The van der Waals surface area contributed by atoms with E-state index in [1.165, 1.54) is 49.8 Å². The van der Waals surface area contributed by atoms with Gasteiger partial charge in [0.05, 0.1) is 5.41 Å². The molecule has 3 nitrogen and oxygen atoms in total. The number of amides is 1. The quantitative estimate of drug-likeness (QED) is 0.911. The largest absolute Gasteiger partial charge is 0.370 e. The van der Waals surface area contributed by atoms with Crippen LogP contribution in [0.4, 0.5) is 5.69 Å². The fourth-order valence-electron chi connectivity index (χ4n) is 5.31. The molecule has 1 aromatic carbocycles. The number of nitrogens with one attached hydrogen (secondary N) is 1. The predicted octanol–water partition coefficient (Wildman–Crippen LogP) is 3.87. The lowest BCUT2D eigenvalue weighted by Gasteiger charge is -2.47. The monoisotopic (exact) mass is 326 g/mol. The smallest absolute Gasteiger partial charge is 0.232 e. The van der Waals surface area contributed by atoms with Gasteiger partial charge in [-0.2, -0.15) is 0 Å². The van der Waals surface area contributed by atoms with Gasteiger partial charge in [0.2, 0.25) is 5.91 Å². The zero-order valence-electron chi connectivity index (χ0n) is 15.1. The number of carbonyl (C=O) groups excluding carboxylic acids is 1. The van der Waals surface area contributed by atoms with Crippen molar-refractivity contribution in [2.24, 2.45) is 11.3 Å². The molecule has 1 N–H and O–H groups in total. The summed E-state index contributed by atoms with van der Waals surface area (Å²) in [4.78, 5) is 15.5. The summed E-state index contributed by atoms with van der Waals surface area (Å²) in [6.07, 6.45) is 8.06. The number of nitrogens with zero attached hydrogens (tertiary/aromatic N) is 1. The molecule has 3 heteroatoms. The van der Waals surface area contributed by atoms with Crippen molar-refractivity contribution in [3.05, 3.63) is 29.8 Å². The molecular weight excluding hydrogens is 296 g/mol. The summed E-state index contributed by atoms with van der Waals surface area (Å²) in [5.74, 6) is 1.19. The third kappa shape index (κ3) is 2.44.